The number of aliphatic hydroxyl groups is 1. The van der Waals surface area contributed by atoms with Crippen molar-refractivity contribution >= 4 is 6.09 Å². The average Bonchev–Trinajstić information content (AvgIpc) is 2.30. The highest BCUT2D eigenvalue weighted by molar-refractivity contribution is 5.67. The summed E-state index contributed by atoms with van der Waals surface area (Å²) < 4.78 is 4.75. The van der Waals surface area contributed by atoms with Gasteiger partial charge in [-0.05, 0) is 18.9 Å². The van der Waals surface area contributed by atoms with Crippen LogP contribution in [-0.2, 0) is 11.2 Å². The molecule has 1 aromatic carbocycles. The molecule has 1 rings (SSSR count). The van der Waals surface area contributed by atoms with Crippen LogP contribution in [0.4, 0.5) is 4.79 Å². The second kappa shape index (κ2) is 6.85. The molecule has 4 nitrogen and oxygen atoms in total. The van der Waals surface area contributed by atoms with Crippen molar-refractivity contribution in [3.63, 3.8) is 0 Å². The van der Waals surface area contributed by atoms with Crippen molar-refractivity contribution in [2.24, 2.45) is 0 Å². The fourth-order valence-corrected chi connectivity index (χ4v) is 1.40. The van der Waals surface area contributed by atoms with Crippen LogP contribution in [0.3, 0.4) is 0 Å². The Kier molecular flexibility index (Phi) is 5.36. The van der Waals surface area contributed by atoms with Crippen molar-refractivity contribution in [1.82, 2.24) is 5.32 Å². The summed E-state index contributed by atoms with van der Waals surface area (Å²) >= 11 is 0. The lowest BCUT2D eigenvalue weighted by atomic mass is 10.1. The molecule has 0 aliphatic carbocycles. The zero-order chi connectivity index (χ0) is 11.8. The quantitative estimate of drug-likeness (QED) is 0.791. The normalized spacial score (nSPS) is 11.9. The number of hydrogen-bond donors (Lipinski definition) is 2. The molecule has 16 heavy (non-hydrogen) atoms. The predicted octanol–water partition coefficient (Wildman–Crippen LogP) is 1.34. The zero-order valence-electron chi connectivity index (χ0n) is 9.35. The molecule has 88 valence electrons. The Bertz CT molecular complexity index is 313. The lowest BCUT2D eigenvalue weighted by Crippen LogP contribution is -2.39. The summed E-state index contributed by atoms with van der Waals surface area (Å²) in [5.41, 5.74) is 1.07. The van der Waals surface area contributed by atoms with Gasteiger partial charge in [-0.15, -0.1) is 0 Å². The Morgan fingerprint density at radius 2 is 2.12 bits per heavy atom. The number of ether oxygens (including phenoxy) is 1. The van der Waals surface area contributed by atoms with E-state index in [9.17, 15) is 4.79 Å². The Labute approximate surface area is 95.2 Å². The van der Waals surface area contributed by atoms with Crippen molar-refractivity contribution < 1.29 is 14.6 Å². The monoisotopic (exact) mass is 223 g/mol. The second-order valence-electron chi connectivity index (χ2n) is 3.43. The molecule has 1 atom stereocenters. The number of hydrogen-bond acceptors (Lipinski definition) is 3. The van der Waals surface area contributed by atoms with Gasteiger partial charge in [-0.3, -0.25) is 0 Å². The van der Waals surface area contributed by atoms with Gasteiger partial charge in [0, 0.05) is 0 Å². The second-order valence-corrected chi connectivity index (χ2v) is 3.43. The topological polar surface area (TPSA) is 58.6 Å². The van der Waals surface area contributed by atoms with Crippen LogP contribution in [0.2, 0.25) is 0 Å². The number of nitrogens with one attached hydrogen (secondary N) is 1. The fraction of sp³-hybridized carbons (Fsp3) is 0.417. The van der Waals surface area contributed by atoms with Gasteiger partial charge in [0.2, 0.25) is 0 Å². The Morgan fingerprint density at radius 3 is 2.69 bits per heavy atom. The number of rotatable bonds is 5. The summed E-state index contributed by atoms with van der Waals surface area (Å²) in [5, 5.41) is 11.7. The van der Waals surface area contributed by atoms with Gasteiger partial charge < -0.3 is 15.2 Å². The van der Waals surface area contributed by atoms with Gasteiger partial charge in [0.1, 0.15) is 0 Å². The molecular weight excluding hydrogens is 206 g/mol. The molecule has 0 saturated carbocycles. The average molecular weight is 223 g/mol. The van der Waals surface area contributed by atoms with Crippen LogP contribution < -0.4 is 5.32 Å². The van der Waals surface area contributed by atoms with E-state index < -0.39 is 6.09 Å². The van der Waals surface area contributed by atoms with E-state index in [4.69, 9.17) is 9.84 Å². The minimum Gasteiger partial charge on any atom is -0.450 e. The highest BCUT2D eigenvalue weighted by atomic mass is 16.5. The van der Waals surface area contributed by atoms with E-state index in [0.717, 1.165) is 5.56 Å². The smallest absolute Gasteiger partial charge is 0.407 e. The van der Waals surface area contributed by atoms with Crippen molar-refractivity contribution in [2.45, 2.75) is 19.4 Å². The summed E-state index contributed by atoms with van der Waals surface area (Å²) in [5.74, 6) is 0. The van der Waals surface area contributed by atoms with Crippen LogP contribution in [0.1, 0.15) is 12.5 Å². The van der Waals surface area contributed by atoms with Gasteiger partial charge in [0.05, 0.1) is 19.3 Å². The van der Waals surface area contributed by atoms with E-state index in [2.05, 4.69) is 5.32 Å². The minimum absolute atomic E-state index is 0.103. The highest BCUT2D eigenvalue weighted by Crippen LogP contribution is 2.02. The molecule has 0 aliphatic heterocycles. The van der Waals surface area contributed by atoms with Crippen LogP contribution in [-0.4, -0.2) is 30.5 Å². The molecule has 0 aliphatic rings. The summed E-state index contributed by atoms with van der Waals surface area (Å²) in [6.07, 6.45) is 0.105. The van der Waals surface area contributed by atoms with Gasteiger partial charge in [-0.1, -0.05) is 30.3 Å². The van der Waals surface area contributed by atoms with Gasteiger partial charge in [0.25, 0.3) is 0 Å². The first kappa shape index (κ1) is 12.5. The van der Waals surface area contributed by atoms with Gasteiger partial charge in [-0.2, -0.15) is 0 Å². The van der Waals surface area contributed by atoms with E-state index in [-0.39, 0.29) is 12.6 Å². The molecule has 0 saturated heterocycles. The van der Waals surface area contributed by atoms with E-state index in [1.807, 2.05) is 30.3 Å². The van der Waals surface area contributed by atoms with E-state index in [1.54, 1.807) is 6.92 Å². The Balaban J connectivity index is 2.46. The number of amides is 1. The van der Waals surface area contributed by atoms with E-state index >= 15 is 0 Å². The lowest BCUT2D eigenvalue weighted by Gasteiger charge is -2.15. The molecule has 4 heteroatoms. The molecule has 0 radical (unpaired) electrons. The van der Waals surface area contributed by atoms with Crippen molar-refractivity contribution in [2.75, 3.05) is 13.2 Å². The standard InChI is InChI=1S/C12H17NO3/c1-2-16-12(15)13-11(9-14)8-10-6-4-3-5-7-10/h3-7,11,14H,2,8-9H2,1H3,(H,13,15)/t11-/m0/s1. The molecule has 0 bridgehead atoms. The molecule has 1 aromatic rings. The number of carbonyl (C=O) groups is 1. The number of alkyl carbamates (subject to hydrolysis) is 1. The van der Waals surface area contributed by atoms with Crippen LogP contribution in [0, 0.1) is 0 Å². The SMILES string of the molecule is CCOC(=O)N[C@H](CO)Cc1ccccc1. The first-order valence-electron chi connectivity index (χ1n) is 5.34. The van der Waals surface area contributed by atoms with Crippen LogP contribution in [0.5, 0.6) is 0 Å². The highest BCUT2D eigenvalue weighted by Gasteiger charge is 2.12. The summed E-state index contributed by atoms with van der Waals surface area (Å²) in [6, 6.07) is 9.38. The molecule has 2 N–H and O–H groups in total. The number of aliphatic hydroxyl groups excluding tert-OH is 1. The zero-order valence-corrected chi connectivity index (χ0v) is 9.35. The summed E-state index contributed by atoms with van der Waals surface area (Å²) in [6.45, 7) is 1.97. The summed E-state index contributed by atoms with van der Waals surface area (Å²) in [7, 11) is 0. The molecule has 0 aromatic heterocycles. The molecule has 0 unspecified atom stereocenters. The molecular formula is C12H17NO3. The van der Waals surface area contributed by atoms with Crippen molar-refractivity contribution in [3.8, 4) is 0 Å². The predicted molar refractivity (Wildman–Crippen MR) is 61.2 cm³/mol. The summed E-state index contributed by atoms with van der Waals surface area (Å²) in [4.78, 5) is 11.2. The van der Waals surface area contributed by atoms with Gasteiger partial charge >= 0.3 is 6.09 Å². The Morgan fingerprint density at radius 1 is 1.44 bits per heavy atom. The third-order valence-corrected chi connectivity index (χ3v) is 2.14. The lowest BCUT2D eigenvalue weighted by molar-refractivity contribution is 0.140. The number of carbonyl (C=O) groups excluding carboxylic acids is 1. The van der Waals surface area contributed by atoms with Crippen LogP contribution in [0.15, 0.2) is 30.3 Å². The Hall–Kier alpha value is -1.55. The largest absolute Gasteiger partial charge is 0.450 e. The number of benzene rings is 1. The van der Waals surface area contributed by atoms with Crippen LogP contribution in [0.25, 0.3) is 0 Å². The first-order valence-corrected chi connectivity index (χ1v) is 5.34. The first-order chi connectivity index (χ1) is 7.76. The van der Waals surface area contributed by atoms with Gasteiger partial charge in [0.15, 0.2) is 0 Å². The molecule has 0 heterocycles. The third kappa shape index (κ3) is 4.31. The molecule has 1 amide bonds. The maximum atomic E-state index is 11.2. The maximum absolute atomic E-state index is 11.2. The van der Waals surface area contributed by atoms with E-state index in [0.29, 0.717) is 13.0 Å². The van der Waals surface area contributed by atoms with E-state index in [1.165, 1.54) is 0 Å². The molecule has 0 fully saturated rings. The van der Waals surface area contributed by atoms with Crippen LogP contribution >= 0.6 is 0 Å². The van der Waals surface area contributed by atoms with Crippen molar-refractivity contribution in [3.05, 3.63) is 35.9 Å². The maximum Gasteiger partial charge on any atom is 0.407 e. The van der Waals surface area contributed by atoms with Crippen molar-refractivity contribution in [1.29, 1.82) is 0 Å². The fourth-order valence-electron chi connectivity index (χ4n) is 1.40. The molecule has 0 spiro atoms. The third-order valence-electron chi connectivity index (χ3n) is 2.14. The minimum atomic E-state index is -0.488. The van der Waals surface area contributed by atoms with Gasteiger partial charge in [-0.25, -0.2) is 4.79 Å².